The fourth-order valence-corrected chi connectivity index (χ4v) is 4.93. The van der Waals surface area contributed by atoms with E-state index in [0.29, 0.717) is 45.8 Å². The maximum Gasteiger partial charge on any atom is 0.339 e. The van der Waals surface area contributed by atoms with E-state index in [1.165, 1.54) is 0 Å². The van der Waals surface area contributed by atoms with Crippen LogP contribution in [0.1, 0.15) is 40.0 Å². The number of carbonyl (C=O) groups excluding carboxylic acids is 2. The minimum atomic E-state index is -0.549. The summed E-state index contributed by atoms with van der Waals surface area (Å²) in [6, 6.07) is 20.2. The molecule has 1 heterocycles. The molecular weight excluding hydrogens is 508 g/mol. The number of benzene rings is 3. The third-order valence-electron chi connectivity index (χ3n) is 6.83. The van der Waals surface area contributed by atoms with Gasteiger partial charge < -0.3 is 24.3 Å². The highest BCUT2D eigenvalue weighted by atomic mass is 16.5. The molecule has 4 aromatic rings. The molecule has 1 amide bonds. The zero-order valence-electron chi connectivity index (χ0n) is 22.7. The van der Waals surface area contributed by atoms with Gasteiger partial charge in [0.15, 0.2) is 18.1 Å². The van der Waals surface area contributed by atoms with Gasteiger partial charge in [-0.2, -0.15) is 0 Å². The minimum Gasteiger partial charge on any atom is -0.497 e. The molecule has 1 aliphatic carbocycles. The van der Waals surface area contributed by atoms with Gasteiger partial charge in [0.1, 0.15) is 5.75 Å². The smallest absolute Gasteiger partial charge is 0.339 e. The van der Waals surface area contributed by atoms with Crippen molar-refractivity contribution in [1.82, 2.24) is 4.98 Å². The summed E-state index contributed by atoms with van der Waals surface area (Å²) in [5.41, 5.74) is 5.29. The first-order valence-corrected chi connectivity index (χ1v) is 13.0. The fraction of sp³-hybridized carbons (Fsp3) is 0.219. The Bertz CT molecular complexity index is 1590. The zero-order valence-corrected chi connectivity index (χ0v) is 22.7. The van der Waals surface area contributed by atoms with Crippen LogP contribution in [0.3, 0.4) is 0 Å². The molecule has 0 radical (unpaired) electrons. The lowest BCUT2D eigenvalue weighted by molar-refractivity contribution is -0.119. The summed E-state index contributed by atoms with van der Waals surface area (Å²) in [7, 11) is 4.78. The lowest BCUT2D eigenvalue weighted by Crippen LogP contribution is -2.22. The molecule has 0 atom stereocenters. The van der Waals surface area contributed by atoms with Gasteiger partial charge in [-0.15, -0.1) is 0 Å². The molecule has 204 valence electrons. The fourth-order valence-electron chi connectivity index (χ4n) is 4.93. The number of esters is 1. The SMILES string of the molecule is COc1ccc(NC(=O)COC(=O)c2c3c(nc4ccccc24)/C(=C/c2ccc(OC)c(OC)c2)CCC3)cc1. The van der Waals surface area contributed by atoms with E-state index in [0.717, 1.165) is 35.2 Å². The number of pyridine rings is 1. The van der Waals surface area contributed by atoms with Gasteiger partial charge in [-0.25, -0.2) is 9.78 Å². The summed E-state index contributed by atoms with van der Waals surface area (Å²) >= 11 is 0. The Labute approximate surface area is 232 Å². The summed E-state index contributed by atoms with van der Waals surface area (Å²) in [5.74, 6) is 0.987. The van der Waals surface area contributed by atoms with E-state index in [2.05, 4.69) is 11.4 Å². The van der Waals surface area contributed by atoms with Crippen molar-refractivity contribution in [2.24, 2.45) is 0 Å². The number of ether oxygens (including phenoxy) is 4. The monoisotopic (exact) mass is 538 g/mol. The van der Waals surface area contributed by atoms with Crippen LogP contribution in [0.15, 0.2) is 66.7 Å². The van der Waals surface area contributed by atoms with Crippen LogP contribution >= 0.6 is 0 Å². The molecule has 1 aliphatic rings. The second-order valence-electron chi connectivity index (χ2n) is 9.32. The van der Waals surface area contributed by atoms with Crippen molar-refractivity contribution in [2.75, 3.05) is 33.3 Å². The third-order valence-corrected chi connectivity index (χ3v) is 6.83. The molecule has 5 rings (SSSR count). The molecule has 0 fully saturated rings. The van der Waals surface area contributed by atoms with E-state index in [1.54, 1.807) is 45.6 Å². The number of anilines is 1. The number of amides is 1. The highest BCUT2D eigenvalue weighted by Crippen LogP contribution is 2.37. The van der Waals surface area contributed by atoms with Crippen LogP contribution in [0.4, 0.5) is 5.69 Å². The van der Waals surface area contributed by atoms with Gasteiger partial charge in [-0.05, 0) is 84.5 Å². The summed E-state index contributed by atoms with van der Waals surface area (Å²) in [6.07, 6.45) is 4.41. The molecule has 0 bridgehead atoms. The Balaban J connectivity index is 1.44. The highest BCUT2D eigenvalue weighted by molar-refractivity contribution is 6.07. The van der Waals surface area contributed by atoms with Crippen molar-refractivity contribution in [2.45, 2.75) is 19.3 Å². The van der Waals surface area contributed by atoms with E-state index in [9.17, 15) is 9.59 Å². The number of nitrogens with one attached hydrogen (secondary N) is 1. The average Bonchev–Trinajstić information content (AvgIpc) is 2.99. The molecule has 40 heavy (non-hydrogen) atoms. The van der Waals surface area contributed by atoms with Gasteiger partial charge >= 0.3 is 5.97 Å². The molecule has 0 aliphatic heterocycles. The number of allylic oxidation sites excluding steroid dienone is 1. The first-order chi connectivity index (χ1) is 19.5. The minimum absolute atomic E-state index is 0.412. The molecule has 0 saturated heterocycles. The number of hydrogen-bond donors (Lipinski definition) is 1. The predicted octanol–water partition coefficient (Wildman–Crippen LogP) is 5.93. The van der Waals surface area contributed by atoms with E-state index in [-0.39, 0.29) is 0 Å². The molecule has 1 N–H and O–H groups in total. The van der Waals surface area contributed by atoms with Gasteiger partial charge in [-0.3, -0.25) is 4.79 Å². The second-order valence-corrected chi connectivity index (χ2v) is 9.32. The Kier molecular flexibility index (Phi) is 7.96. The predicted molar refractivity (Wildman–Crippen MR) is 154 cm³/mol. The van der Waals surface area contributed by atoms with E-state index < -0.39 is 18.5 Å². The summed E-state index contributed by atoms with van der Waals surface area (Å²) < 4.78 is 21.5. The lowest BCUT2D eigenvalue weighted by Gasteiger charge is -2.22. The number of para-hydroxylation sites is 1. The summed E-state index contributed by atoms with van der Waals surface area (Å²) in [4.78, 5) is 31.0. The quantitative estimate of drug-likeness (QED) is 0.278. The first-order valence-electron chi connectivity index (χ1n) is 13.0. The summed E-state index contributed by atoms with van der Waals surface area (Å²) in [5, 5.41) is 3.44. The van der Waals surface area contributed by atoms with Crippen LogP contribution in [0.2, 0.25) is 0 Å². The van der Waals surface area contributed by atoms with Crippen molar-refractivity contribution in [3.05, 3.63) is 89.1 Å². The molecule has 8 heteroatoms. The Hall–Kier alpha value is -4.85. The van der Waals surface area contributed by atoms with Crippen LogP contribution in [-0.4, -0.2) is 44.8 Å². The zero-order chi connectivity index (χ0) is 28.1. The van der Waals surface area contributed by atoms with Crippen LogP contribution in [-0.2, 0) is 16.0 Å². The molecule has 0 unspecified atom stereocenters. The van der Waals surface area contributed by atoms with Crippen molar-refractivity contribution < 1.29 is 28.5 Å². The van der Waals surface area contributed by atoms with Crippen LogP contribution < -0.4 is 19.5 Å². The molecule has 0 saturated carbocycles. The Morgan fingerprint density at radius 2 is 1.68 bits per heavy atom. The molecule has 1 aromatic heterocycles. The standard InChI is InChI=1S/C32H30N2O6/c1-37-23-14-12-22(13-15-23)33-29(35)19-40-32(36)30-24-8-4-5-10-26(24)34-31-21(7-6-9-25(30)31)17-20-11-16-27(38-2)28(18-20)39-3/h4-5,8,10-18H,6-7,9,19H2,1-3H3,(H,33,35)/b21-17+. The lowest BCUT2D eigenvalue weighted by atomic mass is 9.86. The van der Waals surface area contributed by atoms with Gasteiger partial charge in [0.05, 0.1) is 38.1 Å². The first kappa shape index (κ1) is 26.7. The topological polar surface area (TPSA) is 96.0 Å². The van der Waals surface area contributed by atoms with Crippen molar-refractivity contribution in [3.8, 4) is 17.2 Å². The van der Waals surface area contributed by atoms with Gasteiger partial charge in [0, 0.05) is 11.1 Å². The van der Waals surface area contributed by atoms with Crippen LogP contribution in [0.25, 0.3) is 22.6 Å². The highest BCUT2D eigenvalue weighted by Gasteiger charge is 2.26. The van der Waals surface area contributed by atoms with Crippen LogP contribution in [0, 0.1) is 0 Å². The van der Waals surface area contributed by atoms with Gasteiger partial charge in [0.2, 0.25) is 0 Å². The Morgan fingerprint density at radius 3 is 2.42 bits per heavy atom. The third kappa shape index (κ3) is 5.61. The van der Waals surface area contributed by atoms with Crippen molar-refractivity contribution in [1.29, 1.82) is 0 Å². The van der Waals surface area contributed by atoms with E-state index in [1.807, 2.05) is 42.5 Å². The van der Waals surface area contributed by atoms with Crippen molar-refractivity contribution in [3.63, 3.8) is 0 Å². The molecule has 8 nitrogen and oxygen atoms in total. The maximum atomic E-state index is 13.5. The molecule has 3 aromatic carbocycles. The number of rotatable bonds is 8. The average molecular weight is 539 g/mol. The number of methoxy groups -OCH3 is 3. The van der Waals surface area contributed by atoms with E-state index >= 15 is 0 Å². The maximum absolute atomic E-state index is 13.5. The number of fused-ring (bicyclic) bond motifs is 2. The Morgan fingerprint density at radius 1 is 0.900 bits per heavy atom. The van der Waals surface area contributed by atoms with Gasteiger partial charge in [-0.1, -0.05) is 24.3 Å². The number of hydrogen-bond acceptors (Lipinski definition) is 7. The molecular formula is C32H30N2O6. The van der Waals surface area contributed by atoms with Gasteiger partial charge in [0.25, 0.3) is 5.91 Å². The van der Waals surface area contributed by atoms with Crippen LogP contribution in [0.5, 0.6) is 17.2 Å². The largest absolute Gasteiger partial charge is 0.497 e. The summed E-state index contributed by atoms with van der Waals surface area (Å²) in [6.45, 7) is -0.412. The normalized spacial score (nSPS) is 13.4. The number of aromatic nitrogens is 1. The van der Waals surface area contributed by atoms with Crippen molar-refractivity contribution >= 4 is 40.1 Å². The second kappa shape index (κ2) is 11.9. The number of carbonyl (C=O) groups is 2. The van der Waals surface area contributed by atoms with E-state index in [4.69, 9.17) is 23.9 Å². The number of nitrogens with zero attached hydrogens (tertiary/aromatic N) is 1. The molecule has 0 spiro atoms.